The quantitative estimate of drug-likeness (QED) is 0.760. The summed E-state index contributed by atoms with van der Waals surface area (Å²) < 4.78 is 0. The molecule has 142 valence electrons. The summed E-state index contributed by atoms with van der Waals surface area (Å²) in [5.41, 5.74) is 7.90. The standard InChI is InChI=1S/C21H21N5O2/c22-20-18(14-17(24-25-20)16-5-1-2-6-19(16)27)26-12-8-21(28,9-13-26)15-4-3-10-23-11-7-15/h1-7,11,14,27-28H,8-9,12-13H2,(H2,22,25). The largest absolute Gasteiger partial charge is 0.507 e. The Kier molecular flexibility index (Phi) is 4.69. The number of piperidine rings is 1. The first kappa shape index (κ1) is 18.0. The number of rotatable bonds is 3. The molecule has 0 amide bonds. The van der Waals surface area contributed by atoms with Crippen LogP contribution in [-0.2, 0) is 0 Å². The number of aromatic nitrogens is 2. The SMILES string of the molecule is Nc1nnc(-c2ccccc2O)cc1N1CCC(O)(C2=CC=C=NC=C2)CC1. The van der Waals surface area contributed by atoms with Crippen LogP contribution in [0.4, 0.5) is 11.5 Å². The van der Waals surface area contributed by atoms with Crippen molar-refractivity contribution in [2.45, 2.75) is 18.4 Å². The van der Waals surface area contributed by atoms with E-state index in [1.165, 1.54) is 0 Å². The molecule has 0 atom stereocenters. The van der Waals surface area contributed by atoms with Crippen molar-refractivity contribution in [2.24, 2.45) is 4.99 Å². The molecule has 0 spiro atoms. The summed E-state index contributed by atoms with van der Waals surface area (Å²) in [7, 11) is 0. The summed E-state index contributed by atoms with van der Waals surface area (Å²) in [5, 5.41) is 29.4. The number of aliphatic hydroxyl groups is 1. The molecule has 2 aliphatic rings. The molecule has 4 rings (SSSR count). The van der Waals surface area contributed by atoms with Gasteiger partial charge in [0.15, 0.2) is 5.82 Å². The molecule has 3 heterocycles. The van der Waals surface area contributed by atoms with Crippen molar-refractivity contribution in [1.82, 2.24) is 10.2 Å². The molecule has 28 heavy (non-hydrogen) atoms. The van der Waals surface area contributed by atoms with Crippen LogP contribution < -0.4 is 10.6 Å². The van der Waals surface area contributed by atoms with Gasteiger partial charge in [-0.15, -0.1) is 10.2 Å². The Hall–Kier alpha value is -3.41. The number of phenolic OH excluding ortho intramolecular Hbond substituents is 1. The van der Waals surface area contributed by atoms with Gasteiger partial charge in [-0.25, -0.2) is 4.99 Å². The zero-order chi connectivity index (χ0) is 19.6. The van der Waals surface area contributed by atoms with Crippen molar-refractivity contribution in [1.29, 1.82) is 0 Å². The van der Waals surface area contributed by atoms with Crippen LogP contribution in [0.15, 0.2) is 65.3 Å². The average Bonchev–Trinajstić information content (AvgIpc) is 3.00. The molecule has 0 aliphatic carbocycles. The van der Waals surface area contributed by atoms with E-state index in [2.05, 4.69) is 26.0 Å². The van der Waals surface area contributed by atoms with E-state index >= 15 is 0 Å². The van der Waals surface area contributed by atoms with E-state index in [0.29, 0.717) is 43.0 Å². The number of aliphatic imine (C=N–C) groups is 1. The number of allylic oxidation sites excluding steroid dienone is 2. The first-order chi connectivity index (χ1) is 13.6. The Balaban J connectivity index is 1.57. The number of aromatic hydroxyl groups is 1. The second kappa shape index (κ2) is 7.31. The van der Waals surface area contributed by atoms with Crippen LogP contribution in [0.1, 0.15) is 12.8 Å². The van der Waals surface area contributed by atoms with Crippen molar-refractivity contribution >= 4 is 17.4 Å². The number of nitrogens with two attached hydrogens (primary N) is 1. The fourth-order valence-corrected chi connectivity index (χ4v) is 3.57. The third kappa shape index (κ3) is 3.41. The van der Waals surface area contributed by atoms with Crippen LogP contribution in [0.3, 0.4) is 0 Å². The maximum Gasteiger partial charge on any atom is 0.169 e. The van der Waals surface area contributed by atoms with E-state index in [1.807, 2.05) is 24.3 Å². The van der Waals surface area contributed by atoms with Crippen molar-refractivity contribution in [3.8, 4) is 17.0 Å². The maximum absolute atomic E-state index is 11.1. The minimum atomic E-state index is -0.916. The molecule has 0 saturated carbocycles. The van der Waals surface area contributed by atoms with Crippen LogP contribution >= 0.6 is 0 Å². The molecule has 1 fully saturated rings. The molecule has 2 aliphatic heterocycles. The summed E-state index contributed by atoms with van der Waals surface area (Å²) in [6.07, 6.45) is 8.12. The van der Waals surface area contributed by atoms with Gasteiger partial charge in [-0.2, -0.15) is 0 Å². The van der Waals surface area contributed by atoms with Crippen molar-refractivity contribution in [2.75, 3.05) is 23.7 Å². The Labute approximate surface area is 162 Å². The van der Waals surface area contributed by atoms with Gasteiger partial charge in [0.2, 0.25) is 0 Å². The first-order valence-corrected chi connectivity index (χ1v) is 9.12. The predicted molar refractivity (Wildman–Crippen MR) is 109 cm³/mol. The smallest absolute Gasteiger partial charge is 0.169 e. The van der Waals surface area contributed by atoms with Gasteiger partial charge in [0.25, 0.3) is 0 Å². The number of hydrogen-bond donors (Lipinski definition) is 3. The Morgan fingerprint density at radius 3 is 2.71 bits per heavy atom. The van der Waals surface area contributed by atoms with Gasteiger partial charge in [-0.3, -0.25) is 0 Å². The van der Waals surface area contributed by atoms with Crippen molar-refractivity contribution in [3.63, 3.8) is 0 Å². The highest BCUT2D eigenvalue weighted by molar-refractivity contribution is 5.74. The molecule has 7 heteroatoms. The molecule has 1 aromatic heterocycles. The molecular formula is C21H21N5O2. The molecule has 0 unspecified atom stereocenters. The van der Waals surface area contributed by atoms with Crippen LogP contribution in [0.25, 0.3) is 11.3 Å². The highest BCUT2D eigenvalue weighted by Crippen LogP contribution is 2.36. The summed E-state index contributed by atoms with van der Waals surface area (Å²) in [6, 6.07) is 8.82. The van der Waals surface area contributed by atoms with Gasteiger partial charge < -0.3 is 20.8 Å². The number of benzene rings is 1. The fourth-order valence-electron chi connectivity index (χ4n) is 3.57. The van der Waals surface area contributed by atoms with E-state index in [0.717, 1.165) is 11.3 Å². The third-order valence-corrected chi connectivity index (χ3v) is 5.19. The minimum absolute atomic E-state index is 0.142. The lowest BCUT2D eigenvalue weighted by Gasteiger charge is -2.40. The summed E-state index contributed by atoms with van der Waals surface area (Å²) in [4.78, 5) is 6.05. The van der Waals surface area contributed by atoms with Crippen molar-refractivity contribution < 1.29 is 10.2 Å². The normalized spacial score (nSPS) is 18.0. The zero-order valence-corrected chi connectivity index (χ0v) is 15.3. The number of nitrogen functional groups attached to an aromatic ring is 1. The van der Waals surface area contributed by atoms with E-state index in [-0.39, 0.29) is 5.75 Å². The average molecular weight is 375 g/mol. The van der Waals surface area contributed by atoms with Gasteiger partial charge in [0.1, 0.15) is 5.75 Å². The van der Waals surface area contributed by atoms with E-state index in [4.69, 9.17) is 5.73 Å². The van der Waals surface area contributed by atoms with Gasteiger partial charge >= 0.3 is 0 Å². The minimum Gasteiger partial charge on any atom is -0.507 e. The molecule has 1 aromatic carbocycles. The summed E-state index contributed by atoms with van der Waals surface area (Å²) in [6.45, 7) is 1.23. The molecule has 4 N–H and O–H groups in total. The van der Waals surface area contributed by atoms with Gasteiger partial charge in [0.05, 0.1) is 17.0 Å². The molecule has 7 nitrogen and oxygen atoms in total. The van der Waals surface area contributed by atoms with E-state index in [9.17, 15) is 10.2 Å². The molecule has 2 aromatic rings. The second-order valence-corrected chi connectivity index (χ2v) is 6.90. The van der Waals surface area contributed by atoms with Gasteiger partial charge in [-0.05, 0) is 54.6 Å². The van der Waals surface area contributed by atoms with Crippen LogP contribution in [0.2, 0.25) is 0 Å². The maximum atomic E-state index is 11.1. The highest BCUT2D eigenvalue weighted by atomic mass is 16.3. The van der Waals surface area contributed by atoms with Gasteiger partial charge in [0, 0.05) is 30.9 Å². The highest BCUT2D eigenvalue weighted by Gasteiger charge is 2.35. The Bertz CT molecular complexity index is 1010. The zero-order valence-electron chi connectivity index (χ0n) is 15.3. The topological polar surface area (TPSA) is 108 Å². The lowest BCUT2D eigenvalue weighted by atomic mass is 9.83. The Morgan fingerprint density at radius 1 is 1.14 bits per heavy atom. The number of phenols is 1. The van der Waals surface area contributed by atoms with Crippen LogP contribution in [-0.4, -0.2) is 45.0 Å². The second-order valence-electron chi connectivity index (χ2n) is 6.90. The summed E-state index contributed by atoms with van der Waals surface area (Å²) >= 11 is 0. The van der Waals surface area contributed by atoms with E-state index in [1.54, 1.807) is 30.5 Å². The van der Waals surface area contributed by atoms with Crippen molar-refractivity contribution in [3.05, 3.63) is 60.3 Å². The molecular weight excluding hydrogens is 354 g/mol. The lowest BCUT2D eigenvalue weighted by molar-refractivity contribution is 0.0561. The number of nitrogens with zero attached hydrogens (tertiary/aromatic N) is 4. The fraction of sp³-hybridized carbons (Fsp3) is 0.238. The lowest BCUT2D eigenvalue weighted by Crippen LogP contribution is -2.45. The molecule has 0 radical (unpaired) electrons. The molecule has 1 saturated heterocycles. The first-order valence-electron chi connectivity index (χ1n) is 9.12. The van der Waals surface area contributed by atoms with Gasteiger partial charge in [-0.1, -0.05) is 12.1 Å². The summed E-state index contributed by atoms with van der Waals surface area (Å²) in [5.74, 6) is 3.23. The third-order valence-electron chi connectivity index (χ3n) is 5.19. The Morgan fingerprint density at radius 2 is 1.93 bits per heavy atom. The number of para-hydroxylation sites is 1. The van der Waals surface area contributed by atoms with E-state index < -0.39 is 5.60 Å². The predicted octanol–water partition coefficient (Wildman–Crippen LogP) is 2.44. The van der Waals surface area contributed by atoms with Crippen LogP contribution in [0, 0.1) is 0 Å². The number of hydrogen-bond acceptors (Lipinski definition) is 7. The molecule has 0 bridgehead atoms. The monoisotopic (exact) mass is 375 g/mol. The number of anilines is 2. The van der Waals surface area contributed by atoms with Crippen LogP contribution in [0.5, 0.6) is 5.75 Å².